The number of nitrogens with zero attached hydrogens (tertiary/aromatic N) is 5. The van der Waals surface area contributed by atoms with E-state index in [2.05, 4.69) is 16.4 Å². The van der Waals surface area contributed by atoms with E-state index < -0.39 is 5.69 Å². The summed E-state index contributed by atoms with van der Waals surface area (Å²) >= 11 is 0. The summed E-state index contributed by atoms with van der Waals surface area (Å²) in [4.78, 5) is 40.0. The van der Waals surface area contributed by atoms with Gasteiger partial charge in [-0.05, 0) is 31.4 Å². The van der Waals surface area contributed by atoms with Gasteiger partial charge >= 0.3 is 5.69 Å². The topological polar surface area (TPSA) is 93.0 Å². The molecule has 0 aliphatic heterocycles. The van der Waals surface area contributed by atoms with E-state index in [1.54, 1.807) is 12.3 Å². The third kappa shape index (κ3) is 5.38. The molecule has 0 bridgehead atoms. The number of hydrogen-bond acceptors (Lipinski definition) is 6. The highest BCUT2D eigenvalue weighted by molar-refractivity contribution is 5.76. The van der Waals surface area contributed by atoms with E-state index in [4.69, 9.17) is 9.97 Å². The minimum Gasteiger partial charge on any atom is -0.363 e. The molecule has 8 nitrogen and oxygen atoms in total. The van der Waals surface area contributed by atoms with Crippen LogP contribution < -0.4 is 15.9 Å². The van der Waals surface area contributed by atoms with Crippen molar-refractivity contribution in [2.45, 2.75) is 44.7 Å². The van der Waals surface area contributed by atoms with Crippen molar-refractivity contribution in [1.29, 1.82) is 0 Å². The second kappa shape index (κ2) is 9.30. The standard InChI is InChI=1S/C24H28N6O2/c1-16-6-4-7-18(12-16)20(27-22(31)15-30-11-5-10-25-24(30)32)13-19-14-21(29(2)3)28-23(26-19)17-8-9-17/h4-7,10-12,14,17,20H,8-9,13,15H2,1-3H3,(H,27,31)/t20-/m1/s1. The van der Waals surface area contributed by atoms with Gasteiger partial charge in [-0.15, -0.1) is 0 Å². The van der Waals surface area contributed by atoms with Crippen molar-refractivity contribution < 1.29 is 4.79 Å². The highest BCUT2D eigenvalue weighted by atomic mass is 16.2. The van der Waals surface area contributed by atoms with Crippen LogP contribution in [-0.4, -0.2) is 39.5 Å². The monoisotopic (exact) mass is 432 g/mol. The number of carbonyl (C=O) groups excluding carboxylic acids is 1. The molecule has 0 spiro atoms. The van der Waals surface area contributed by atoms with E-state index >= 15 is 0 Å². The van der Waals surface area contributed by atoms with Crippen LogP contribution in [0.1, 0.15) is 47.4 Å². The first-order chi connectivity index (χ1) is 15.4. The van der Waals surface area contributed by atoms with Gasteiger partial charge < -0.3 is 10.2 Å². The Bertz CT molecular complexity index is 1150. The third-order valence-electron chi connectivity index (χ3n) is 5.47. The SMILES string of the molecule is Cc1cccc([C@@H](Cc2cc(N(C)C)nc(C3CC3)n2)NC(=O)Cn2cccnc2=O)c1. The van der Waals surface area contributed by atoms with Crippen molar-refractivity contribution in [1.82, 2.24) is 24.8 Å². The maximum absolute atomic E-state index is 12.8. The van der Waals surface area contributed by atoms with Gasteiger partial charge in [0.25, 0.3) is 0 Å². The van der Waals surface area contributed by atoms with Crippen molar-refractivity contribution in [3.8, 4) is 0 Å². The molecule has 0 radical (unpaired) electrons. The van der Waals surface area contributed by atoms with E-state index in [1.165, 1.54) is 10.8 Å². The molecule has 166 valence electrons. The lowest BCUT2D eigenvalue weighted by Gasteiger charge is -2.21. The molecule has 1 atom stereocenters. The van der Waals surface area contributed by atoms with Gasteiger partial charge in [-0.3, -0.25) is 9.36 Å². The highest BCUT2D eigenvalue weighted by Crippen LogP contribution is 2.38. The summed E-state index contributed by atoms with van der Waals surface area (Å²) in [6.45, 7) is 1.94. The van der Waals surface area contributed by atoms with Crippen LogP contribution >= 0.6 is 0 Å². The fourth-order valence-electron chi connectivity index (χ4n) is 3.61. The average Bonchev–Trinajstić information content (AvgIpc) is 3.60. The van der Waals surface area contributed by atoms with Gasteiger partial charge in [0.1, 0.15) is 18.2 Å². The van der Waals surface area contributed by atoms with Gasteiger partial charge in [-0.2, -0.15) is 0 Å². The zero-order valence-corrected chi connectivity index (χ0v) is 18.7. The van der Waals surface area contributed by atoms with Crippen molar-refractivity contribution in [3.63, 3.8) is 0 Å². The maximum Gasteiger partial charge on any atom is 0.347 e. The number of carbonyl (C=O) groups is 1. The Labute approximate surface area is 187 Å². The predicted molar refractivity (Wildman–Crippen MR) is 123 cm³/mol. The quantitative estimate of drug-likeness (QED) is 0.588. The molecule has 1 aliphatic carbocycles. The van der Waals surface area contributed by atoms with E-state index in [0.717, 1.165) is 41.3 Å². The summed E-state index contributed by atoms with van der Waals surface area (Å²) in [6, 6.07) is 11.4. The number of amides is 1. The normalized spacial score (nSPS) is 14.1. The Morgan fingerprint density at radius 1 is 1.22 bits per heavy atom. The molecule has 1 fully saturated rings. The molecule has 2 heterocycles. The summed E-state index contributed by atoms with van der Waals surface area (Å²) in [5.74, 6) is 1.92. The Hall–Kier alpha value is -3.55. The van der Waals surface area contributed by atoms with Crippen LogP contribution in [0.15, 0.2) is 53.6 Å². The molecule has 3 aromatic rings. The van der Waals surface area contributed by atoms with Gasteiger partial charge in [-0.25, -0.2) is 19.7 Å². The second-order valence-corrected chi connectivity index (χ2v) is 8.51. The van der Waals surface area contributed by atoms with Gasteiger partial charge in [-0.1, -0.05) is 29.8 Å². The molecule has 1 N–H and O–H groups in total. The van der Waals surface area contributed by atoms with E-state index in [0.29, 0.717) is 12.3 Å². The first kappa shape index (κ1) is 21.7. The Kier molecular flexibility index (Phi) is 6.30. The van der Waals surface area contributed by atoms with Gasteiger partial charge in [0.2, 0.25) is 5.91 Å². The minimum absolute atomic E-state index is 0.0883. The van der Waals surface area contributed by atoms with Crippen LogP contribution in [0.5, 0.6) is 0 Å². The number of hydrogen-bond donors (Lipinski definition) is 1. The van der Waals surface area contributed by atoms with Crippen LogP contribution in [0.25, 0.3) is 0 Å². The fraction of sp³-hybridized carbons (Fsp3) is 0.375. The number of benzene rings is 1. The second-order valence-electron chi connectivity index (χ2n) is 8.51. The van der Waals surface area contributed by atoms with Crippen LogP contribution in [0.3, 0.4) is 0 Å². The van der Waals surface area contributed by atoms with Gasteiger partial charge in [0, 0.05) is 50.6 Å². The molecule has 4 rings (SSSR count). The summed E-state index contributed by atoms with van der Waals surface area (Å²) in [7, 11) is 3.93. The lowest BCUT2D eigenvalue weighted by atomic mass is 9.99. The summed E-state index contributed by atoms with van der Waals surface area (Å²) < 4.78 is 1.29. The van der Waals surface area contributed by atoms with Crippen molar-refractivity contribution in [2.24, 2.45) is 0 Å². The first-order valence-electron chi connectivity index (χ1n) is 10.8. The van der Waals surface area contributed by atoms with E-state index in [-0.39, 0.29) is 18.5 Å². The molecular weight excluding hydrogens is 404 g/mol. The van der Waals surface area contributed by atoms with Crippen LogP contribution in [0.4, 0.5) is 5.82 Å². The number of nitrogens with one attached hydrogen (secondary N) is 1. The molecule has 0 saturated heterocycles. The zero-order chi connectivity index (χ0) is 22.7. The lowest BCUT2D eigenvalue weighted by molar-refractivity contribution is -0.122. The largest absolute Gasteiger partial charge is 0.363 e. The zero-order valence-electron chi connectivity index (χ0n) is 18.7. The number of aryl methyl sites for hydroxylation is 1. The average molecular weight is 433 g/mol. The fourth-order valence-corrected chi connectivity index (χ4v) is 3.61. The molecular formula is C24H28N6O2. The molecule has 1 amide bonds. The molecule has 1 aromatic carbocycles. The lowest BCUT2D eigenvalue weighted by Crippen LogP contribution is -2.36. The van der Waals surface area contributed by atoms with Gasteiger partial charge in [0.15, 0.2) is 0 Å². The minimum atomic E-state index is -0.449. The van der Waals surface area contributed by atoms with Crippen molar-refractivity contribution >= 4 is 11.7 Å². The molecule has 0 unspecified atom stereocenters. The molecule has 32 heavy (non-hydrogen) atoms. The highest BCUT2D eigenvalue weighted by Gasteiger charge is 2.28. The van der Waals surface area contributed by atoms with Crippen LogP contribution in [-0.2, 0) is 17.8 Å². The van der Waals surface area contributed by atoms with E-state index in [9.17, 15) is 9.59 Å². The molecule has 8 heteroatoms. The summed E-state index contributed by atoms with van der Waals surface area (Å²) in [6.07, 6.45) is 5.75. The summed E-state index contributed by atoms with van der Waals surface area (Å²) in [5.41, 5.74) is 2.54. The molecule has 1 saturated carbocycles. The first-order valence-corrected chi connectivity index (χ1v) is 10.8. The number of rotatable bonds is 8. The molecule has 1 aliphatic rings. The van der Waals surface area contributed by atoms with Crippen LogP contribution in [0.2, 0.25) is 0 Å². The van der Waals surface area contributed by atoms with Crippen molar-refractivity contribution in [3.05, 3.63) is 81.9 Å². The van der Waals surface area contributed by atoms with Crippen molar-refractivity contribution in [2.75, 3.05) is 19.0 Å². The number of anilines is 1. The summed E-state index contributed by atoms with van der Waals surface area (Å²) in [5, 5.41) is 3.10. The van der Waals surface area contributed by atoms with E-state index in [1.807, 2.05) is 50.2 Å². The Morgan fingerprint density at radius 3 is 2.72 bits per heavy atom. The smallest absolute Gasteiger partial charge is 0.347 e. The number of aromatic nitrogens is 4. The Morgan fingerprint density at radius 2 is 2.03 bits per heavy atom. The van der Waals surface area contributed by atoms with Crippen LogP contribution in [0, 0.1) is 6.92 Å². The Balaban J connectivity index is 1.61. The predicted octanol–water partition coefficient (Wildman–Crippen LogP) is 2.39. The third-order valence-corrected chi connectivity index (χ3v) is 5.47. The maximum atomic E-state index is 12.8. The molecule has 2 aromatic heterocycles. The van der Waals surface area contributed by atoms with Gasteiger partial charge in [0.05, 0.1) is 6.04 Å².